The lowest BCUT2D eigenvalue weighted by Gasteiger charge is -1.95. The highest BCUT2D eigenvalue weighted by Gasteiger charge is 2.07. The summed E-state index contributed by atoms with van der Waals surface area (Å²) in [7, 11) is 0. The second-order valence-corrected chi connectivity index (χ2v) is 4.89. The molecule has 1 aromatic carbocycles. The molecule has 1 amide bonds. The van der Waals surface area contributed by atoms with Gasteiger partial charge in [-0.2, -0.15) is 0 Å². The molecule has 0 atom stereocenters. The van der Waals surface area contributed by atoms with Crippen molar-refractivity contribution >= 4 is 44.4 Å². The van der Waals surface area contributed by atoms with Crippen LogP contribution in [0.2, 0.25) is 0 Å². The van der Waals surface area contributed by atoms with E-state index in [0.717, 1.165) is 15.1 Å². The highest BCUT2D eigenvalue weighted by molar-refractivity contribution is 7.98. The minimum Gasteiger partial charge on any atom is -0.302 e. The first kappa shape index (κ1) is 10.4. The van der Waals surface area contributed by atoms with E-state index in [-0.39, 0.29) is 5.91 Å². The van der Waals surface area contributed by atoms with E-state index in [2.05, 4.69) is 10.3 Å². The van der Waals surface area contributed by atoms with E-state index in [1.54, 1.807) is 11.8 Å². The Kier molecular flexibility index (Phi) is 2.93. The number of amides is 1. The molecule has 1 aromatic heterocycles. The molecular formula is C10H10N2OS2. The fourth-order valence-corrected chi connectivity index (χ4v) is 2.86. The highest BCUT2D eigenvalue weighted by Crippen LogP contribution is 2.32. The molecule has 0 saturated carbocycles. The molecule has 1 heterocycles. The molecule has 5 heteroatoms. The van der Waals surface area contributed by atoms with Crippen molar-refractivity contribution < 1.29 is 4.79 Å². The molecule has 15 heavy (non-hydrogen) atoms. The van der Waals surface area contributed by atoms with Crippen molar-refractivity contribution in [2.75, 3.05) is 11.6 Å². The van der Waals surface area contributed by atoms with Gasteiger partial charge in [-0.1, -0.05) is 17.4 Å². The summed E-state index contributed by atoms with van der Waals surface area (Å²) in [4.78, 5) is 16.4. The van der Waals surface area contributed by atoms with Crippen molar-refractivity contribution in [3.05, 3.63) is 18.2 Å². The number of nitrogens with one attached hydrogen (secondary N) is 1. The van der Waals surface area contributed by atoms with Gasteiger partial charge in [0.25, 0.3) is 0 Å². The van der Waals surface area contributed by atoms with Crippen LogP contribution >= 0.6 is 23.1 Å². The number of fused-ring (bicyclic) bond motifs is 1. The molecule has 0 spiro atoms. The van der Waals surface area contributed by atoms with Crippen LogP contribution in [0.15, 0.2) is 23.1 Å². The Morgan fingerprint density at radius 1 is 1.53 bits per heavy atom. The number of aromatic nitrogens is 1. The quantitative estimate of drug-likeness (QED) is 0.818. The number of carbonyl (C=O) groups excluding carboxylic acids is 1. The van der Waals surface area contributed by atoms with Crippen molar-refractivity contribution in [1.82, 2.24) is 4.98 Å². The zero-order valence-electron chi connectivity index (χ0n) is 8.40. The molecule has 0 radical (unpaired) electrons. The second-order valence-electron chi connectivity index (χ2n) is 3.01. The van der Waals surface area contributed by atoms with Crippen LogP contribution in [0, 0.1) is 0 Å². The molecule has 3 nitrogen and oxygen atoms in total. The first-order chi connectivity index (χ1) is 7.20. The third kappa shape index (κ3) is 2.13. The van der Waals surface area contributed by atoms with Gasteiger partial charge >= 0.3 is 0 Å². The number of hydrogen-bond acceptors (Lipinski definition) is 4. The van der Waals surface area contributed by atoms with Gasteiger partial charge in [0.05, 0.1) is 10.2 Å². The Hall–Kier alpha value is -1.07. The van der Waals surface area contributed by atoms with Crippen molar-refractivity contribution in [3.8, 4) is 0 Å². The number of nitrogens with zero attached hydrogens (tertiary/aromatic N) is 1. The second kappa shape index (κ2) is 4.20. The van der Waals surface area contributed by atoms with E-state index in [9.17, 15) is 4.79 Å². The van der Waals surface area contributed by atoms with E-state index < -0.39 is 0 Å². The molecular weight excluding hydrogens is 228 g/mol. The monoisotopic (exact) mass is 238 g/mol. The standard InChI is InChI=1S/C10H10N2OS2/c1-6(13)11-10-12-9-7(14-2)4-3-5-8(9)15-10/h3-5H,1-2H3,(H,11,12,13). The number of para-hydroxylation sites is 1. The Bertz CT molecular complexity index is 507. The van der Waals surface area contributed by atoms with Gasteiger partial charge in [-0.15, -0.1) is 11.8 Å². The van der Waals surface area contributed by atoms with Crippen molar-refractivity contribution in [1.29, 1.82) is 0 Å². The Morgan fingerprint density at radius 2 is 2.33 bits per heavy atom. The predicted molar refractivity (Wildman–Crippen MR) is 65.7 cm³/mol. The third-order valence-electron chi connectivity index (χ3n) is 1.88. The lowest BCUT2D eigenvalue weighted by Crippen LogP contribution is -2.04. The number of thiazole rings is 1. The predicted octanol–water partition coefficient (Wildman–Crippen LogP) is 2.98. The minimum atomic E-state index is -0.0836. The summed E-state index contributed by atoms with van der Waals surface area (Å²) in [6, 6.07) is 6.05. The molecule has 2 rings (SSSR count). The molecule has 1 N–H and O–H groups in total. The maximum absolute atomic E-state index is 10.9. The number of rotatable bonds is 2. The first-order valence-corrected chi connectivity index (χ1v) is 6.46. The Labute approximate surface area is 95.9 Å². The van der Waals surface area contributed by atoms with Gasteiger partial charge in [0.15, 0.2) is 5.13 Å². The van der Waals surface area contributed by atoms with Crippen molar-refractivity contribution in [3.63, 3.8) is 0 Å². The van der Waals surface area contributed by atoms with Crippen LogP contribution in [0.25, 0.3) is 10.2 Å². The zero-order valence-corrected chi connectivity index (χ0v) is 10.0. The number of anilines is 1. The fraction of sp³-hybridized carbons (Fsp3) is 0.200. The van der Waals surface area contributed by atoms with Crippen molar-refractivity contribution in [2.45, 2.75) is 11.8 Å². The van der Waals surface area contributed by atoms with Gasteiger partial charge in [0.2, 0.25) is 5.91 Å². The summed E-state index contributed by atoms with van der Waals surface area (Å²) in [5, 5.41) is 3.37. The maximum Gasteiger partial charge on any atom is 0.223 e. The van der Waals surface area contributed by atoms with Crippen molar-refractivity contribution in [2.24, 2.45) is 0 Å². The number of thioether (sulfide) groups is 1. The summed E-state index contributed by atoms with van der Waals surface area (Å²) in [6.45, 7) is 1.49. The summed E-state index contributed by atoms with van der Waals surface area (Å²) in [5.41, 5.74) is 0.971. The number of carbonyl (C=O) groups is 1. The van der Waals surface area contributed by atoms with Gasteiger partial charge in [-0.3, -0.25) is 4.79 Å². The fourth-order valence-electron chi connectivity index (χ4n) is 1.29. The molecule has 0 bridgehead atoms. The summed E-state index contributed by atoms with van der Waals surface area (Å²) in [5.74, 6) is -0.0836. The van der Waals surface area contributed by atoms with Crippen LogP contribution < -0.4 is 5.32 Å². The molecule has 0 unspecified atom stereocenters. The summed E-state index contributed by atoms with van der Waals surface area (Å²) >= 11 is 3.16. The molecule has 78 valence electrons. The van der Waals surface area contributed by atoms with Crippen LogP contribution in [0.4, 0.5) is 5.13 Å². The van der Waals surface area contributed by atoms with Crippen LogP contribution in [0.3, 0.4) is 0 Å². The van der Waals surface area contributed by atoms with Crippen LogP contribution in [0.5, 0.6) is 0 Å². The number of hydrogen-bond donors (Lipinski definition) is 1. The first-order valence-electron chi connectivity index (χ1n) is 4.42. The molecule has 0 fully saturated rings. The Balaban J connectivity index is 2.50. The molecule has 0 aliphatic heterocycles. The van der Waals surface area contributed by atoms with Crippen LogP contribution in [0.1, 0.15) is 6.92 Å². The highest BCUT2D eigenvalue weighted by atomic mass is 32.2. The Morgan fingerprint density at radius 3 is 3.00 bits per heavy atom. The van der Waals surface area contributed by atoms with Crippen LogP contribution in [-0.4, -0.2) is 17.1 Å². The molecule has 0 aliphatic carbocycles. The van der Waals surface area contributed by atoms with Gasteiger partial charge in [0.1, 0.15) is 0 Å². The maximum atomic E-state index is 10.9. The summed E-state index contributed by atoms with van der Waals surface area (Å²) < 4.78 is 1.10. The summed E-state index contributed by atoms with van der Waals surface area (Å²) in [6.07, 6.45) is 2.02. The van der Waals surface area contributed by atoms with E-state index in [0.29, 0.717) is 5.13 Å². The topological polar surface area (TPSA) is 42.0 Å². The van der Waals surface area contributed by atoms with Crippen LogP contribution in [-0.2, 0) is 4.79 Å². The lowest BCUT2D eigenvalue weighted by molar-refractivity contribution is -0.114. The lowest BCUT2D eigenvalue weighted by atomic mass is 10.3. The van der Waals surface area contributed by atoms with E-state index in [1.807, 2.05) is 24.5 Å². The zero-order chi connectivity index (χ0) is 10.8. The molecule has 0 aliphatic rings. The van der Waals surface area contributed by atoms with E-state index in [1.165, 1.54) is 18.3 Å². The van der Waals surface area contributed by atoms with Gasteiger partial charge in [-0.05, 0) is 18.4 Å². The third-order valence-corrected chi connectivity index (χ3v) is 3.59. The number of benzene rings is 1. The largest absolute Gasteiger partial charge is 0.302 e. The molecule has 2 aromatic rings. The average Bonchev–Trinajstić information content (AvgIpc) is 2.58. The van der Waals surface area contributed by atoms with Gasteiger partial charge in [-0.25, -0.2) is 4.98 Å². The molecule has 0 saturated heterocycles. The van der Waals surface area contributed by atoms with Gasteiger partial charge in [0, 0.05) is 11.8 Å². The smallest absolute Gasteiger partial charge is 0.223 e. The normalized spacial score (nSPS) is 10.5. The van der Waals surface area contributed by atoms with E-state index in [4.69, 9.17) is 0 Å². The average molecular weight is 238 g/mol. The SMILES string of the molecule is CSc1cccc2sc(NC(C)=O)nc12. The minimum absolute atomic E-state index is 0.0836. The van der Waals surface area contributed by atoms with Gasteiger partial charge < -0.3 is 5.32 Å². The van der Waals surface area contributed by atoms with E-state index >= 15 is 0 Å².